The molecule has 1 aromatic heterocycles. The second kappa shape index (κ2) is 8.69. The van der Waals surface area contributed by atoms with E-state index in [1.165, 1.54) is 4.57 Å². The molecule has 3 aromatic rings. The first-order valence-electron chi connectivity index (χ1n) is 9.89. The quantitative estimate of drug-likeness (QED) is 0.546. The first kappa shape index (κ1) is 20.7. The van der Waals surface area contributed by atoms with Crippen molar-refractivity contribution in [3.8, 4) is 28.5 Å². The Labute approximate surface area is 179 Å². The molecule has 1 aliphatic heterocycles. The number of hydrogen-bond donors (Lipinski definition) is 0. The fourth-order valence-electron chi connectivity index (χ4n) is 3.22. The molecule has 1 fully saturated rings. The molecule has 31 heavy (non-hydrogen) atoms. The van der Waals surface area contributed by atoms with Gasteiger partial charge in [0.15, 0.2) is 11.5 Å². The van der Waals surface area contributed by atoms with Crippen molar-refractivity contribution in [3.63, 3.8) is 0 Å². The van der Waals surface area contributed by atoms with Crippen LogP contribution in [0.2, 0.25) is 0 Å². The van der Waals surface area contributed by atoms with Crippen LogP contribution in [0.25, 0.3) is 11.3 Å². The predicted molar refractivity (Wildman–Crippen MR) is 116 cm³/mol. The Hall–Kier alpha value is -3.52. The highest BCUT2D eigenvalue weighted by Gasteiger charge is 2.22. The molecule has 4 rings (SSSR count). The number of rotatable bonds is 7. The van der Waals surface area contributed by atoms with Crippen LogP contribution in [0.3, 0.4) is 0 Å². The van der Waals surface area contributed by atoms with Crippen LogP contribution in [0.1, 0.15) is 0 Å². The highest BCUT2D eigenvalue weighted by atomic mass is 16.6. The summed E-state index contributed by atoms with van der Waals surface area (Å²) in [6, 6.07) is 14.8. The standard InChI is InChI=1S/C23H25N3O5/c1-25-19(15-5-10-20(28-3)21(11-15)29-4)12-22(26(2)23(25)27)24-16-6-8-17(9-7-16)30-13-18-14-31-18/h5-12,18H,13-14H2,1-4H3/b24-22-. The predicted octanol–water partition coefficient (Wildman–Crippen LogP) is 2.42. The molecule has 0 saturated carbocycles. The lowest BCUT2D eigenvalue weighted by Gasteiger charge is -2.13. The van der Waals surface area contributed by atoms with Gasteiger partial charge in [-0.25, -0.2) is 9.79 Å². The van der Waals surface area contributed by atoms with Crippen molar-refractivity contribution in [2.45, 2.75) is 6.10 Å². The van der Waals surface area contributed by atoms with Gasteiger partial charge in [0.2, 0.25) is 0 Å². The van der Waals surface area contributed by atoms with Crippen molar-refractivity contribution in [1.82, 2.24) is 9.13 Å². The molecule has 0 spiro atoms. The van der Waals surface area contributed by atoms with E-state index in [0.717, 1.165) is 23.6 Å². The largest absolute Gasteiger partial charge is 0.493 e. The highest BCUT2D eigenvalue weighted by molar-refractivity contribution is 5.64. The summed E-state index contributed by atoms with van der Waals surface area (Å²) in [5, 5.41) is 0. The van der Waals surface area contributed by atoms with Gasteiger partial charge >= 0.3 is 5.69 Å². The number of nitrogens with zero attached hydrogens (tertiary/aromatic N) is 3. The van der Waals surface area contributed by atoms with Gasteiger partial charge in [-0.05, 0) is 42.5 Å². The van der Waals surface area contributed by atoms with Crippen molar-refractivity contribution < 1.29 is 18.9 Å². The van der Waals surface area contributed by atoms with Crippen LogP contribution in [-0.2, 0) is 18.8 Å². The molecular weight excluding hydrogens is 398 g/mol. The molecule has 0 bridgehead atoms. The molecule has 2 aromatic carbocycles. The minimum atomic E-state index is -0.185. The first-order valence-corrected chi connectivity index (χ1v) is 9.89. The lowest BCUT2D eigenvalue weighted by molar-refractivity contribution is 0.263. The van der Waals surface area contributed by atoms with Crippen molar-refractivity contribution in [3.05, 3.63) is 64.5 Å². The number of aromatic nitrogens is 2. The summed E-state index contributed by atoms with van der Waals surface area (Å²) in [5.41, 5.74) is 2.60. The van der Waals surface area contributed by atoms with E-state index in [-0.39, 0.29) is 11.8 Å². The van der Waals surface area contributed by atoms with Gasteiger partial charge in [-0.15, -0.1) is 0 Å². The van der Waals surface area contributed by atoms with Crippen LogP contribution in [0.15, 0.2) is 58.3 Å². The summed E-state index contributed by atoms with van der Waals surface area (Å²) >= 11 is 0. The molecule has 2 heterocycles. The number of hydrogen-bond acceptors (Lipinski definition) is 6. The third-order valence-corrected chi connectivity index (χ3v) is 5.14. The SMILES string of the molecule is COc1ccc(-c2c/c(=N/c3ccc(OCC4CO4)cc3)n(C)c(=O)n2C)cc1OC. The maximum absolute atomic E-state index is 12.8. The Morgan fingerprint density at radius 2 is 1.71 bits per heavy atom. The van der Waals surface area contributed by atoms with Gasteiger partial charge in [-0.2, -0.15) is 0 Å². The van der Waals surface area contributed by atoms with Crippen LogP contribution in [-0.4, -0.2) is 42.7 Å². The van der Waals surface area contributed by atoms with E-state index < -0.39 is 0 Å². The van der Waals surface area contributed by atoms with E-state index in [1.807, 2.05) is 48.5 Å². The van der Waals surface area contributed by atoms with Crippen LogP contribution < -0.4 is 25.4 Å². The Morgan fingerprint density at radius 1 is 1.00 bits per heavy atom. The Bertz CT molecular complexity index is 1210. The average molecular weight is 423 g/mol. The third kappa shape index (κ3) is 4.49. The third-order valence-electron chi connectivity index (χ3n) is 5.14. The minimum Gasteiger partial charge on any atom is -0.493 e. The summed E-state index contributed by atoms with van der Waals surface area (Å²) in [4.78, 5) is 17.5. The number of methoxy groups -OCH3 is 2. The average Bonchev–Trinajstić information content (AvgIpc) is 3.63. The minimum absolute atomic E-state index is 0.185. The maximum Gasteiger partial charge on any atom is 0.329 e. The monoisotopic (exact) mass is 423 g/mol. The van der Waals surface area contributed by atoms with E-state index in [4.69, 9.17) is 18.9 Å². The molecule has 1 unspecified atom stereocenters. The fraction of sp³-hybridized carbons (Fsp3) is 0.304. The summed E-state index contributed by atoms with van der Waals surface area (Å²) < 4.78 is 24.6. The summed E-state index contributed by atoms with van der Waals surface area (Å²) in [5.74, 6) is 1.97. The summed E-state index contributed by atoms with van der Waals surface area (Å²) in [6.45, 7) is 1.31. The lowest BCUT2D eigenvalue weighted by atomic mass is 10.1. The zero-order valence-electron chi connectivity index (χ0n) is 18.0. The smallest absolute Gasteiger partial charge is 0.329 e. The molecule has 162 valence electrons. The summed E-state index contributed by atoms with van der Waals surface area (Å²) in [6.07, 6.45) is 0.207. The molecule has 1 atom stereocenters. The zero-order chi connectivity index (χ0) is 22.0. The van der Waals surface area contributed by atoms with Crippen LogP contribution >= 0.6 is 0 Å². The molecule has 1 saturated heterocycles. The summed E-state index contributed by atoms with van der Waals surface area (Å²) in [7, 11) is 6.60. The van der Waals surface area contributed by atoms with Crippen molar-refractivity contribution in [2.24, 2.45) is 19.1 Å². The topological polar surface area (TPSA) is 79.5 Å². The molecule has 0 radical (unpaired) electrons. The molecule has 8 heteroatoms. The number of ether oxygens (including phenoxy) is 4. The van der Waals surface area contributed by atoms with E-state index >= 15 is 0 Å². The van der Waals surface area contributed by atoms with Gasteiger partial charge in [0.25, 0.3) is 0 Å². The second-order valence-electron chi connectivity index (χ2n) is 7.23. The van der Waals surface area contributed by atoms with Gasteiger partial charge in [0, 0.05) is 25.7 Å². The normalized spacial score (nSPS) is 15.6. The first-order chi connectivity index (χ1) is 15.0. The van der Waals surface area contributed by atoms with Crippen LogP contribution in [0, 0.1) is 0 Å². The van der Waals surface area contributed by atoms with Gasteiger partial charge in [-0.3, -0.25) is 9.13 Å². The second-order valence-corrected chi connectivity index (χ2v) is 7.23. The van der Waals surface area contributed by atoms with Gasteiger partial charge < -0.3 is 18.9 Å². The Balaban J connectivity index is 1.72. The number of epoxide rings is 1. The lowest BCUT2D eigenvalue weighted by Crippen LogP contribution is -2.37. The van der Waals surface area contributed by atoms with Crippen LogP contribution in [0.5, 0.6) is 17.2 Å². The van der Waals surface area contributed by atoms with E-state index in [1.54, 1.807) is 32.9 Å². The highest BCUT2D eigenvalue weighted by Crippen LogP contribution is 2.31. The number of benzene rings is 2. The van der Waals surface area contributed by atoms with Crippen molar-refractivity contribution >= 4 is 5.69 Å². The van der Waals surface area contributed by atoms with Crippen molar-refractivity contribution in [1.29, 1.82) is 0 Å². The molecule has 0 aliphatic carbocycles. The van der Waals surface area contributed by atoms with Gasteiger partial charge in [0.1, 0.15) is 23.9 Å². The zero-order valence-corrected chi connectivity index (χ0v) is 18.0. The molecule has 0 N–H and O–H groups in total. The van der Waals surface area contributed by atoms with E-state index in [0.29, 0.717) is 29.3 Å². The van der Waals surface area contributed by atoms with Crippen LogP contribution in [0.4, 0.5) is 5.69 Å². The fourth-order valence-corrected chi connectivity index (χ4v) is 3.22. The molecule has 1 aliphatic rings. The molecule has 0 amide bonds. The van der Waals surface area contributed by atoms with Gasteiger partial charge in [-0.1, -0.05) is 0 Å². The molecular formula is C23H25N3O5. The molecule has 8 nitrogen and oxygen atoms in total. The van der Waals surface area contributed by atoms with E-state index in [9.17, 15) is 4.79 Å². The van der Waals surface area contributed by atoms with Gasteiger partial charge in [0.05, 0.1) is 32.2 Å². The Kier molecular flexibility index (Phi) is 5.81. The Morgan fingerprint density at radius 3 is 2.35 bits per heavy atom. The maximum atomic E-state index is 12.8. The van der Waals surface area contributed by atoms with E-state index in [2.05, 4.69) is 4.99 Å². The van der Waals surface area contributed by atoms with Crippen molar-refractivity contribution in [2.75, 3.05) is 27.4 Å².